The minimum absolute atomic E-state index is 0.0856. The van der Waals surface area contributed by atoms with Crippen LogP contribution in [0.25, 0.3) is 0 Å². The van der Waals surface area contributed by atoms with Gasteiger partial charge in [-0.25, -0.2) is 9.59 Å². The first-order valence-electron chi connectivity index (χ1n) is 11.2. The summed E-state index contributed by atoms with van der Waals surface area (Å²) in [5.41, 5.74) is 0.454. The Labute approximate surface area is 205 Å². The van der Waals surface area contributed by atoms with Crippen molar-refractivity contribution in [1.82, 2.24) is 10.6 Å². The van der Waals surface area contributed by atoms with Gasteiger partial charge in [-0.05, 0) is 36.4 Å². The van der Waals surface area contributed by atoms with E-state index >= 15 is 0 Å². The molecule has 0 atom stereocenters. The second kappa shape index (κ2) is 11.8. The predicted molar refractivity (Wildman–Crippen MR) is 121 cm³/mol. The maximum Gasteiger partial charge on any atom is 0.338 e. The molecule has 0 saturated heterocycles. The van der Waals surface area contributed by atoms with Gasteiger partial charge in [0, 0.05) is 13.1 Å². The summed E-state index contributed by atoms with van der Waals surface area (Å²) in [6.45, 7) is 0.820. The summed E-state index contributed by atoms with van der Waals surface area (Å²) in [5, 5.41) is 5.01. The van der Waals surface area contributed by atoms with Crippen molar-refractivity contribution in [2.45, 2.75) is 0 Å². The molecular formula is C24H24N2O10. The van der Waals surface area contributed by atoms with Crippen LogP contribution in [-0.2, 0) is 19.1 Å². The lowest BCUT2D eigenvalue weighted by Gasteiger charge is -2.18. The molecule has 36 heavy (non-hydrogen) atoms. The van der Waals surface area contributed by atoms with E-state index in [-0.39, 0.29) is 24.2 Å². The summed E-state index contributed by atoms with van der Waals surface area (Å²) in [4.78, 5) is 48.1. The summed E-state index contributed by atoms with van der Waals surface area (Å²) in [5.74, 6) is -0.502. The van der Waals surface area contributed by atoms with Gasteiger partial charge in [0.15, 0.2) is 36.2 Å². The molecule has 0 spiro atoms. The molecule has 2 amide bonds. The van der Waals surface area contributed by atoms with Gasteiger partial charge in [0.2, 0.25) is 0 Å². The number of fused-ring (bicyclic) bond motifs is 2. The van der Waals surface area contributed by atoms with Gasteiger partial charge in [0.1, 0.15) is 26.4 Å². The van der Waals surface area contributed by atoms with Gasteiger partial charge in [-0.2, -0.15) is 0 Å². The zero-order valence-electron chi connectivity index (χ0n) is 19.2. The maximum absolute atomic E-state index is 12.1. The second-order valence-corrected chi connectivity index (χ2v) is 7.57. The van der Waals surface area contributed by atoms with Crippen molar-refractivity contribution in [3.8, 4) is 23.0 Å². The van der Waals surface area contributed by atoms with Gasteiger partial charge in [0.05, 0.1) is 11.1 Å². The number of ether oxygens (including phenoxy) is 6. The molecule has 2 aromatic rings. The molecule has 2 aliphatic heterocycles. The fourth-order valence-corrected chi connectivity index (χ4v) is 3.28. The minimum atomic E-state index is -0.685. The summed E-state index contributed by atoms with van der Waals surface area (Å²) in [7, 11) is 0. The Hall–Kier alpha value is -4.48. The average Bonchev–Trinajstić information content (AvgIpc) is 2.92. The molecule has 2 heterocycles. The van der Waals surface area contributed by atoms with E-state index in [1.807, 2.05) is 0 Å². The second-order valence-electron chi connectivity index (χ2n) is 7.57. The van der Waals surface area contributed by atoms with Crippen LogP contribution in [0.1, 0.15) is 20.7 Å². The van der Waals surface area contributed by atoms with Crippen LogP contribution >= 0.6 is 0 Å². The van der Waals surface area contributed by atoms with Crippen LogP contribution in [0.5, 0.6) is 23.0 Å². The molecule has 0 radical (unpaired) electrons. The van der Waals surface area contributed by atoms with Crippen molar-refractivity contribution in [1.29, 1.82) is 0 Å². The smallest absolute Gasteiger partial charge is 0.338 e. The van der Waals surface area contributed by atoms with E-state index in [1.165, 1.54) is 24.3 Å². The zero-order valence-corrected chi connectivity index (χ0v) is 19.2. The van der Waals surface area contributed by atoms with Gasteiger partial charge in [0.25, 0.3) is 11.8 Å². The van der Waals surface area contributed by atoms with Crippen LogP contribution < -0.4 is 29.6 Å². The molecule has 2 aliphatic rings. The lowest BCUT2D eigenvalue weighted by atomic mass is 10.2. The molecule has 0 saturated carbocycles. The molecule has 190 valence electrons. The highest BCUT2D eigenvalue weighted by Crippen LogP contribution is 2.31. The normalized spacial score (nSPS) is 13.2. The number of carbonyl (C=O) groups excluding carboxylic acids is 4. The van der Waals surface area contributed by atoms with Crippen molar-refractivity contribution in [3.05, 3.63) is 47.5 Å². The van der Waals surface area contributed by atoms with Crippen LogP contribution in [0, 0.1) is 0 Å². The highest BCUT2D eigenvalue weighted by molar-refractivity contribution is 5.92. The van der Waals surface area contributed by atoms with Crippen molar-refractivity contribution in [2.24, 2.45) is 0 Å². The Morgan fingerprint density at radius 2 is 1.00 bits per heavy atom. The van der Waals surface area contributed by atoms with Gasteiger partial charge in [-0.1, -0.05) is 0 Å². The molecule has 0 unspecified atom stereocenters. The molecule has 2 aromatic carbocycles. The number of hydrogen-bond donors (Lipinski definition) is 2. The Morgan fingerprint density at radius 3 is 1.42 bits per heavy atom. The van der Waals surface area contributed by atoms with Gasteiger partial charge in [-0.3, -0.25) is 9.59 Å². The average molecular weight is 500 g/mol. The van der Waals surface area contributed by atoms with E-state index in [2.05, 4.69) is 10.6 Å². The lowest BCUT2D eigenvalue weighted by molar-refractivity contribution is -0.125. The minimum Gasteiger partial charge on any atom is -0.486 e. The Bertz CT molecular complexity index is 1060. The Kier molecular flexibility index (Phi) is 8.06. The van der Waals surface area contributed by atoms with Crippen molar-refractivity contribution in [3.63, 3.8) is 0 Å². The van der Waals surface area contributed by atoms with E-state index in [0.717, 1.165) is 0 Å². The molecule has 0 aromatic heterocycles. The third kappa shape index (κ3) is 6.56. The lowest BCUT2D eigenvalue weighted by Crippen LogP contribution is -2.38. The van der Waals surface area contributed by atoms with Gasteiger partial charge in [-0.15, -0.1) is 0 Å². The largest absolute Gasteiger partial charge is 0.486 e. The first-order valence-corrected chi connectivity index (χ1v) is 11.2. The van der Waals surface area contributed by atoms with Crippen molar-refractivity contribution < 1.29 is 47.6 Å². The third-order valence-electron chi connectivity index (χ3n) is 4.99. The summed E-state index contributed by atoms with van der Waals surface area (Å²) in [6.07, 6.45) is 0. The van der Waals surface area contributed by atoms with Gasteiger partial charge >= 0.3 is 11.9 Å². The van der Waals surface area contributed by atoms with Gasteiger partial charge < -0.3 is 39.1 Å². The van der Waals surface area contributed by atoms with E-state index in [1.54, 1.807) is 12.1 Å². The predicted octanol–water partition coefficient (Wildman–Crippen LogP) is 0.475. The molecule has 12 heteroatoms. The molecular weight excluding hydrogens is 476 g/mol. The molecule has 12 nitrogen and oxygen atoms in total. The quantitative estimate of drug-likeness (QED) is 0.368. The topological polar surface area (TPSA) is 148 Å². The Morgan fingerprint density at radius 1 is 0.611 bits per heavy atom. The molecule has 4 rings (SSSR count). The van der Waals surface area contributed by atoms with Crippen LogP contribution in [0.4, 0.5) is 0 Å². The third-order valence-corrected chi connectivity index (χ3v) is 4.99. The van der Waals surface area contributed by atoms with Crippen molar-refractivity contribution >= 4 is 23.8 Å². The molecule has 0 bridgehead atoms. The number of esters is 2. The molecule has 2 N–H and O–H groups in total. The van der Waals surface area contributed by atoms with Crippen molar-refractivity contribution in [2.75, 3.05) is 52.7 Å². The number of carbonyl (C=O) groups is 4. The number of hydrogen-bond acceptors (Lipinski definition) is 10. The highest BCUT2D eigenvalue weighted by atomic mass is 16.6. The molecule has 0 fully saturated rings. The van der Waals surface area contributed by atoms with E-state index < -0.39 is 37.0 Å². The van der Waals surface area contributed by atoms with Crippen LogP contribution in [0.15, 0.2) is 36.4 Å². The SMILES string of the molecule is O=C(COC(=O)c1ccc2c(c1)OCCO2)NCCNC(=O)COC(=O)c1ccc2c(c1)OCCO2. The van der Waals surface area contributed by atoms with Crippen LogP contribution in [0.3, 0.4) is 0 Å². The maximum atomic E-state index is 12.1. The monoisotopic (exact) mass is 500 g/mol. The summed E-state index contributed by atoms with van der Waals surface area (Å²) >= 11 is 0. The zero-order chi connectivity index (χ0) is 25.3. The van der Waals surface area contributed by atoms with E-state index in [0.29, 0.717) is 49.4 Å². The first kappa shape index (κ1) is 24.6. The highest BCUT2D eigenvalue weighted by Gasteiger charge is 2.18. The Balaban J connectivity index is 1.09. The van der Waals surface area contributed by atoms with Crippen LogP contribution in [-0.4, -0.2) is 76.5 Å². The number of benzene rings is 2. The first-order chi connectivity index (χ1) is 17.5. The number of rotatable bonds is 9. The fourth-order valence-electron chi connectivity index (χ4n) is 3.28. The summed E-state index contributed by atoms with van der Waals surface area (Å²) < 4.78 is 31.6. The summed E-state index contributed by atoms with van der Waals surface area (Å²) in [6, 6.07) is 9.21. The fraction of sp³-hybridized carbons (Fsp3) is 0.333. The van der Waals surface area contributed by atoms with Crippen LogP contribution in [0.2, 0.25) is 0 Å². The van der Waals surface area contributed by atoms with E-state index in [4.69, 9.17) is 28.4 Å². The number of nitrogens with one attached hydrogen (secondary N) is 2. The van der Waals surface area contributed by atoms with E-state index in [9.17, 15) is 19.2 Å². The number of amides is 2. The molecule has 0 aliphatic carbocycles. The standard InChI is InChI=1S/C24H24N2O10/c27-21(13-35-23(29)15-1-3-17-19(11-15)33-9-7-31-17)25-5-6-26-22(28)14-36-24(30)16-2-4-18-20(12-16)34-10-8-32-18/h1-4,11-12H,5-10,13-14H2,(H,25,27)(H,26,28).